The molecule has 21 heavy (non-hydrogen) atoms. The van der Waals surface area contributed by atoms with Gasteiger partial charge in [-0.05, 0) is 26.9 Å². The number of rotatable bonds is 8. The molecule has 3 unspecified atom stereocenters. The van der Waals surface area contributed by atoms with Gasteiger partial charge in [-0.2, -0.15) is 0 Å². The van der Waals surface area contributed by atoms with Crippen LogP contribution in [-0.4, -0.2) is 99.9 Å². The van der Waals surface area contributed by atoms with E-state index < -0.39 is 6.10 Å². The Morgan fingerprint density at radius 2 is 2.10 bits per heavy atom. The number of likely N-dealkylation sites (N-methyl/N-ethyl adjacent to an activating group) is 1. The third-order valence-electron chi connectivity index (χ3n) is 3.90. The highest BCUT2D eigenvalue weighted by atomic mass is 16.5. The first kappa shape index (κ1) is 17.1. The molecule has 0 saturated carbocycles. The molecule has 0 bridgehead atoms. The van der Waals surface area contributed by atoms with Crippen LogP contribution in [0.15, 0.2) is 0 Å². The summed E-state index contributed by atoms with van der Waals surface area (Å²) < 4.78 is 16.8. The van der Waals surface area contributed by atoms with Gasteiger partial charge in [-0.1, -0.05) is 0 Å². The Labute approximate surface area is 127 Å². The predicted molar refractivity (Wildman–Crippen MR) is 80.5 cm³/mol. The van der Waals surface area contributed by atoms with E-state index in [1.807, 2.05) is 0 Å². The van der Waals surface area contributed by atoms with E-state index in [1.165, 1.54) is 0 Å². The van der Waals surface area contributed by atoms with Crippen LogP contribution in [0.25, 0.3) is 0 Å². The van der Waals surface area contributed by atoms with Crippen molar-refractivity contribution in [3.8, 4) is 0 Å². The van der Waals surface area contributed by atoms with Crippen molar-refractivity contribution in [1.29, 1.82) is 0 Å². The molecule has 6 heteroatoms. The summed E-state index contributed by atoms with van der Waals surface area (Å²) in [7, 11) is 4.10. The van der Waals surface area contributed by atoms with Crippen LogP contribution < -0.4 is 0 Å². The van der Waals surface area contributed by atoms with Crippen molar-refractivity contribution in [2.24, 2.45) is 0 Å². The molecule has 0 aromatic heterocycles. The van der Waals surface area contributed by atoms with Crippen molar-refractivity contribution in [2.45, 2.75) is 31.2 Å². The average molecular weight is 302 g/mol. The van der Waals surface area contributed by atoms with Gasteiger partial charge in [-0.15, -0.1) is 0 Å². The topological polar surface area (TPSA) is 54.4 Å². The highest BCUT2D eigenvalue weighted by Crippen LogP contribution is 2.12. The highest BCUT2D eigenvalue weighted by molar-refractivity contribution is 4.75. The minimum Gasteiger partial charge on any atom is -0.389 e. The Hall–Kier alpha value is -0.240. The van der Waals surface area contributed by atoms with Gasteiger partial charge < -0.3 is 24.2 Å². The van der Waals surface area contributed by atoms with E-state index in [0.29, 0.717) is 19.8 Å². The molecule has 3 atom stereocenters. The first-order valence-corrected chi connectivity index (χ1v) is 7.99. The van der Waals surface area contributed by atoms with Crippen molar-refractivity contribution in [1.82, 2.24) is 9.80 Å². The third kappa shape index (κ3) is 6.59. The van der Waals surface area contributed by atoms with Crippen LogP contribution in [0.2, 0.25) is 0 Å². The Balaban J connectivity index is 1.58. The molecule has 1 N–H and O–H groups in total. The van der Waals surface area contributed by atoms with Crippen LogP contribution in [0.3, 0.4) is 0 Å². The van der Waals surface area contributed by atoms with Crippen molar-refractivity contribution >= 4 is 0 Å². The zero-order valence-corrected chi connectivity index (χ0v) is 13.4. The maximum Gasteiger partial charge on any atom is 0.0900 e. The molecule has 0 aromatic carbocycles. The monoisotopic (exact) mass is 302 g/mol. The normalized spacial score (nSPS) is 29.1. The number of aliphatic hydroxyl groups excluding tert-OH is 1. The summed E-state index contributed by atoms with van der Waals surface area (Å²) in [4.78, 5) is 4.40. The lowest BCUT2D eigenvalue weighted by molar-refractivity contribution is -0.0630. The number of morpholine rings is 1. The summed E-state index contributed by atoms with van der Waals surface area (Å²) in [5.74, 6) is 0. The average Bonchev–Trinajstić information content (AvgIpc) is 2.91. The maximum absolute atomic E-state index is 10.1. The summed E-state index contributed by atoms with van der Waals surface area (Å²) in [6.07, 6.45) is 2.21. The Bertz CT molecular complexity index is 285. The van der Waals surface area contributed by atoms with Crippen LogP contribution in [-0.2, 0) is 14.2 Å². The predicted octanol–water partition coefficient (Wildman–Crippen LogP) is -0.195. The zero-order valence-electron chi connectivity index (χ0n) is 13.4. The third-order valence-corrected chi connectivity index (χ3v) is 3.90. The van der Waals surface area contributed by atoms with E-state index in [4.69, 9.17) is 14.2 Å². The Kier molecular flexibility index (Phi) is 7.36. The lowest BCUT2D eigenvalue weighted by Gasteiger charge is -2.35. The molecule has 6 nitrogen and oxygen atoms in total. The largest absolute Gasteiger partial charge is 0.389 e. The molecule has 0 aliphatic carbocycles. The van der Waals surface area contributed by atoms with Crippen molar-refractivity contribution < 1.29 is 19.3 Å². The van der Waals surface area contributed by atoms with Crippen LogP contribution in [0, 0.1) is 0 Å². The van der Waals surface area contributed by atoms with E-state index in [2.05, 4.69) is 23.9 Å². The smallest absolute Gasteiger partial charge is 0.0900 e. The second kappa shape index (κ2) is 9.02. The number of ether oxygens (including phenoxy) is 3. The minimum absolute atomic E-state index is 0.227. The van der Waals surface area contributed by atoms with Gasteiger partial charge in [0.1, 0.15) is 0 Å². The SMILES string of the molecule is CN(C)CC1CN(CC(O)COCC2CCCO2)CCO1. The first-order valence-electron chi connectivity index (χ1n) is 7.99. The maximum atomic E-state index is 10.1. The van der Waals surface area contributed by atoms with Gasteiger partial charge in [-0.25, -0.2) is 0 Å². The van der Waals surface area contributed by atoms with Crippen LogP contribution >= 0.6 is 0 Å². The van der Waals surface area contributed by atoms with Gasteiger partial charge in [0.2, 0.25) is 0 Å². The van der Waals surface area contributed by atoms with E-state index in [-0.39, 0.29) is 12.2 Å². The van der Waals surface area contributed by atoms with Gasteiger partial charge >= 0.3 is 0 Å². The van der Waals surface area contributed by atoms with Gasteiger partial charge in [-0.3, -0.25) is 4.90 Å². The number of hydrogen-bond acceptors (Lipinski definition) is 6. The van der Waals surface area contributed by atoms with E-state index in [9.17, 15) is 5.11 Å². The number of aliphatic hydroxyl groups is 1. The summed E-state index contributed by atoms with van der Waals surface area (Å²) in [6, 6.07) is 0. The molecule has 2 aliphatic heterocycles. The summed E-state index contributed by atoms with van der Waals surface area (Å²) in [5.41, 5.74) is 0. The Morgan fingerprint density at radius 3 is 2.81 bits per heavy atom. The molecule has 2 fully saturated rings. The van der Waals surface area contributed by atoms with Crippen molar-refractivity contribution in [3.63, 3.8) is 0 Å². The molecule has 0 spiro atoms. The molecular formula is C15H30N2O4. The fourth-order valence-corrected chi connectivity index (χ4v) is 2.93. The van der Waals surface area contributed by atoms with E-state index >= 15 is 0 Å². The number of nitrogens with zero attached hydrogens (tertiary/aromatic N) is 2. The van der Waals surface area contributed by atoms with Crippen LogP contribution in [0.1, 0.15) is 12.8 Å². The number of β-amino-alcohol motifs (C(OH)–C–C–N with tert-alkyl or cyclic N) is 1. The summed E-state index contributed by atoms with van der Waals surface area (Å²) >= 11 is 0. The summed E-state index contributed by atoms with van der Waals surface area (Å²) in [5, 5.41) is 10.1. The molecule has 2 saturated heterocycles. The van der Waals surface area contributed by atoms with E-state index in [0.717, 1.165) is 45.7 Å². The molecule has 2 aliphatic rings. The molecular weight excluding hydrogens is 272 g/mol. The molecule has 124 valence electrons. The number of hydrogen-bond donors (Lipinski definition) is 1. The quantitative estimate of drug-likeness (QED) is 0.670. The van der Waals surface area contributed by atoms with Crippen LogP contribution in [0.5, 0.6) is 0 Å². The van der Waals surface area contributed by atoms with Crippen molar-refractivity contribution in [2.75, 3.05) is 66.7 Å². The molecule has 2 heterocycles. The first-order chi connectivity index (χ1) is 10.1. The fraction of sp³-hybridized carbons (Fsp3) is 1.00. The summed E-state index contributed by atoms with van der Waals surface area (Å²) in [6.45, 7) is 5.90. The lowest BCUT2D eigenvalue weighted by atomic mass is 10.2. The second-order valence-corrected chi connectivity index (χ2v) is 6.34. The van der Waals surface area contributed by atoms with Gasteiger partial charge in [0.15, 0.2) is 0 Å². The van der Waals surface area contributed by atoms with Crippen LogP contribution in [0.4, 0.5) is 0 Å². The van der Waals surface area contributed by atoms with Gasteiger partial charge in [0.05, 0.1) is 38.1 Å². The van der Waals surface area contributed by atoms with Gasteiger partial charge in [0.25, 0.3) is 0 Å². The van der Waals surface area contributed by atoms with Gasteiger partial charge in [0, 0.05) is 32.8 Å². The Morgan fingerprint density at radius 1 is 1.29 bits per heavy atom. The molecule has 0 radical (unpaired) electrons. The molecule has 0 amide bonds. The fourth-order valence-electron chi connectivity index (χ4n) is 2.93. The second-order valence-electron chi connectivity index (χ2n) is 6.34. The molecule has 0 aromatic rings. The minimum atomic E-state index is -0.440. The lowest BCUT2D eigenvalue weighted by Crippen LogP contribution is -2.49. The standard InChI is InChI=1S/C15H30N2O4/c1-16(2)9-15-10-17(5-7-21-15)8-13(18)11-19-12-14-4-3-6-20-14/h13-15,18H,3-12H2,1-2H3. The molecule has 2 rings (SSSR count). The van der Waals surface area contributed by atoms with Crippen molar-refractivity contribution in [3.05, 3.63) is 0 Å². The highest BCUT2D eigenvalue weighted by Gasteiger charge is 2.23. The van der Waals surface area contributed by atoms with E-state index in [1.54, 1.807) is 0 Å². The zero-order chi connectivity index (χ0) is 15.1.